The van der Waals surface area contributed by atoms with Crippen LogP contribution in [0.5, 0.6) is 0 Å². The zero-order chi connectivity index (χ0) is 13.1. The summed E-state index contributed by atoms with van der Waals surface area (Å²) >= 11 is 7.24. The molecule has 18 heavy (non-hydrogen) atoms. The predicted molar refractivity (Wildman–Crippen MR) is 72.0 cm³/mol. The van der Waals surface area contributed by atoms with Gasteiger partial charge in [-0.2, -0.15) is 0 Å². The highest BCUT2D eigenvalue weighted by Gasteiger charge is 2.14. The fraction of sp³-hybridized carbons (Fsp3) is 0.250. The van der Waals surface area contributed by atoms with E-state index in [1.54, 1.807) is 17.4 Å². The molecule has 2 aromatic rings. The van der Waals surface area contributed by atoms with Gasteiger partial charge in [-0.1, -0.05) is 17.7 Å². The van der Waals surface area contributed by atoms with Crippen LogP contribution in [-0.2, 0) is 6.42 Å². The van der Waals surface area contributed by atoms with Gasteiger partial charge in [0, 0.05) is 11.8 Å². The maximum Gasteiger partial charge on any atom is 0.142 e. The molecule has 0 amide bonds. The Morgan fingerprint density at radius 2 is 2.33 bits per heavy atom. The maximum atomic E-state index is 13.4. The van der Waals surface area contributed by atoms with Gasteiger partial charge >= 0.3 is 0 Å². The van der Waals surface area contributed by atoms with Gasteiger partial charge in [0.05, 0.1) is 21.8 Å². The number of hydrogen-bond acceptors (Lipinski definition) is 4. The van der Waals surface area contributed by atoms with Gasteiger partial charge in [-0.3, -0.25) is 11.3 Å². The van der Waals surface area contributed by atoms with Gasteiger partial charge < -0.3 is 0 Å². The van der Waals surface area contributed by atoms with E-state index in [2.05, 4.69) is 10.4 Å². The molecule has 96 valence electrons. The first-order chi connectivity index (χ1) is 8.60. The van der Waals surface area contributed by atoms with E-state index in [0.717, 1.165) is 16.3 Å². The molecule has 0 spiro atoms. The van der Waals surface area contributed by atoms with Crippen LogP contribution >= 0.6 is 22.9 Å². The maximum absolute atomic E-state index is 13.4. The van der Waals surface area contributed by atoms with E-state index in [0.29, 0.717) is 6.42 Å². The Balaban J connectivity index is 2.19. The molecule has 0 fully saturated rings. The van der Waals surface area contributed by atoms with E-state index < -0.39 is 5.82 Å². The van der Waals surface area contributed by atoms with Crippen LogP contribution in [0.15, 0.2) is 23.6 Å². The van der Waals surface area contributed by atoms with Crippen molar-refractivity contribution in [2.75, 3.05) is 0 Å². The van der Waals surface area contributed by atoms with E-state index >= 15 is 0 Å². The minimum Gasteiger partial charge on any atom is -0.271 e. The van der Waals surface area contributed by atoms with E-state index in [1.807, 2.05) is 12.3 Å². The van der Waals surface area contributed by atoms with E-state index in [9.17, 15) is 4.39 Å². The lowest BCUT2D eigenvalue weighted by Crippen LogP contribution is -2.29. The summed E-state index contributed by atoms with van der Waals surface area (Å²) in [5, 5.41) is 3.09. The number of aryl methyl sites for hydroxylation is 1. The average molecular weight is 286 g/mol. The second-order valence-electron chi connectivity index (χ2n) is 3.95. The van der Waals surface area contributed by atoms with Crippen LogP contribution in [0, 0.1) is 12.7 Å². The SMILES string of the molecule is Cc1nc(CC(NN)c2ccc(Cl)c(F)c2)cs1. The molecule has 0 bridgehead atoms. The van der Waals surface area contributed by atoms with Crippen LogP contribution in [0.1, 0.15) is 22.3 Å². The van der Waals surface area contributed by atoms with E-state index in [-0.39, 0.29) is 11.1 Å². The number of aromatic nitrogens is 1. The van der Waals surface area contributed by atoms with Crippen LogP contribution in [0.25, 0.3) is 0 Å². The number of nitrogens with two attached hydrogens (primary N) is 1. The Bertz CT molecular complexity index is 544. The lowest BCUT2D eigenvalue weighted by Gasteiger charge is -2.15. The molecule has 1 aromatic carbocycles. The third kappa shape index (κ3) is 3.05. The van der Waals surface area contributed by atoms with Crippen LogP contribution in [0.4, 0.5) is 4.39 Å². The summed E-state index contributed by atoms with van der Waals surface area (Å²) in [7, 11) is 0. The molecule has 3 N–H and O–H groups in total. The Hall–Kier alpha value is -1.01. The zero-order valence-corrected chi connectivity index (χ0v) is 11.4. The number of thiazole rings is 1. The number of nitrogens with zero attached hydrogens (tertiary/aromatic N) is 1. The van der Waals surface area contributed by atoms with Gasteiger partial charge in [0.2, 0.25) is 0 Å². The van der Waals surface area contributed by atoms with E-state index in [4.69, 9.17) is 17.4 Å². The molecule has 0 aliphatic heterocycles. The highest BCUT2D eigenvalue weighted by Crippen LogP contribution is 2.23. The molecule has 6 heteroatoms. The summed E-state index contributed by atoms with van der Waals surface area (Å²) in [6.45, 7) is 1.95. The smallest absolute Gasteiger partial charge is 0.142 e. The standard InChI is InChI=1S/C12H13ClFN3S/c1-7-16-9(6-18-7)5-12(17-15)8-2-3-10(13)11(14)4-8/h2-4,6,12,17H,5,15H2,1H3. The number of nitrogens with one attached hydrogen (secondary N) is 1. The van der Waals surface area contributed by atoms with Crippen molar-refractivity contribution in [1.29, 1.82) is 0 Å². The van der Waals surface area contributed by atoms with Crippen molar-refractivity contribution in [2.24, 2.45) is 5.84 Å². The zero-order valence-electron chi connectivity index (χ0n) is 9.78. The van der Waals surface area contributed by atoms with Crippen molar-refractivity contribution in [3.05, 3.63) is 50.7 Å². The third-order valence-electron chi connectivity index (χ3n) is 2.63. The van der Waals surface area contributed by atoms with Crippen molar-refractivity contribution >= 4 is 22.9 Å². The molecule has 0 saturated carbocycles. The molecule has 0 saturated heterocycles. The second kappa shape index (κ2) is 5.75. The van der Waals surface area contributed by atoms with Crippen molar-refractivity contribution in [1.82, 2.24) is 10.4 Å². The molecular formula is C12H13ClFN3S. The molecule has 0 aliphatic carbocycles. The van der Waals surface area contributed by atoms with Gasteiger partial charge in [-0.05, 0) is 24.6 Å². The Kier molecular flexibility index (Phi) is 4.29. The van der Waals surface area contributed by atoms with Crippen molar-refractivity contribution in [2.45, 2.75) is 19.4 Å². The summed E-state index contributed by atoms with van der Waals surface area (Å²) in [6, 6.07) is 4.50. The number of halogens is 2. The number of hydrazine groups is 1. The van der Waals surface area contributed by atoms with E-state index in [1.165, 1.54) is 12.1 Å². The highest BCUT2D eigenvalue weighted by molar-refractivity contribution is 7.09. The summed E-state index contributed by atoms with van der Waals surface area (Å²) in [5.41, 5.74) is 4.37. The average Bonchev–Trinajstić information content (AvgIpc) is 2.75. The number of hydrogen-bond donors (Lipinski definition) is 2. The first kappa shape index (κ1) is 13.4. The summed E-state index contributed by atoms with van der Waals surface area (Å²) in [6.07, 6.45) is 0.613. The predicted octanol–water partition coefficient (Wildman–Crippen LogP) is 2.99. The summed E-state index contributed by atoms with van der Waals surface area (Å²) < 4.78 is 13.4. The van der Waals surface area contributed by atoms with Gasteiger partial charge in [-0.15, -0.1) is 11.3 Å². The molecular weight excluding hydrogens is 273 g/mol. The van der Waals surface area contributed by atoms with Gasteiger partial charge in [0.25, 0.3) is 0 Å². The topological polar surface area (TPSA) is 50.9 Å². The molecule has 0 aliphatic rings. The molecule has 1 heterocycles. The van der Waals surface area contributed by atoms with Crippen molar-refractivity contribution in [3.8, 4) is 0 Å². The largest absolute Gasteiger partial charge is 0.271 e. The van der Waals surface area contributed by atoms with Gasteiger partial charge in [-0.25, -0.2) is 9.37 Å². The van der Waals surface area contributed by atoms with Crippen LogP contribution in [-0.4, -0.2) is 4.98 Å². The summed E-state index contributed by atoms with van der Waals surface area (Å²) in [5.74, 6) is 5.08. The lowest BCUT2D eigenvalue weighted by molar-refractivity contribution is 0.540. The Morgan fingerprint density at radius 1 is 1.56 bits per heavy atom. The Morgan fingerprint density at radius 3 is 2.89 bits per heavy atom. The first-order valence-corrected chi connectivity index (χ1v) is 6.68. The summed E-state index contributed by atoms with van der Waals surface area (Å²) in [4.78, 5) is 4.37. The molecule has 1 unspecified atom stereocenters. The number of benzene rings is 1. The normalized spacial score (nSPS) is 12.7. The quantitative estimate of drug-likeness (QED) is 0.671. The van der Waals surface area contributed by atoms with Crippen LogP contribution < -0.4 is 11.3 Å². The van der Waals surface area contributed by atoms with Gasteiger partial charge in [0.1, 0.15) is 5.82 Å². The van der Waals surface area contributed by atoms with Crippen LogP contribution in [0.2, 0.25) is 5.02 Å². The lowest BCUT2D eigenvalue weighted by atomic mass is 10.0. The highest BCUT2D eigenvalue weighted by atomic mass is 35.5. The molecule has 2 rings (SSSR count). The monoisotopic (exact) mass is 285 g/mol. The molecule has 1 atom stereocenters. The molecule has 1 aromatic heterocycles. The Labute approximate surface area is 114 Å². The minimum absolute atomic E-state index is 0.110. The molecule has 0 radical (unpaired) electrons. The minimum atomic E-state index is -0.441. The van der Waals surface area contributed by atoms with Gasteiger partial charge in [0.15, 0.2) is 0 Å². The van der Waals surface area contributed by atoms with Crippen LogP contribution in [0.3, 0.4) is 0 Å². The fourth-order valence-electron chi connectivity index (χ4n) is 1.71. The van der Waals surface area contributed by atoms with Crippen molar-refractivity contribution < 1.29 is 4.39 Å². The second-order valence-corrected chi connectivity index (χ2v) is 5.42. The first-order valence-electron chi connectivity index (χ1n) is 5.42. The number of rotatable bonds is 4. The molecule has 3 nitrogen and oxygen atoms in total. The third-order valence-corrected chi connectivity index (χ3v) is 3.76. The van der Waals surface area contributed by atoms with Crippen molar-refractivity contribution in [3.63, 3.8) is 0 Å². The fourth-order valence-corrected chi connectivity index (χ4v) is 2.46.